The van der Waals surface area contributed by atoms with Gasteiger partial charge in [-0.1, -0.05) is 24.3 Å². The topological polar surface area (TPSA) is 47.3 Å². The Kier molecular flexibility index (Phi) is 5.73. The first-order valence-corrected chi connectivity index (χ1v) is 7.48. The molecule has 3 nitrogen and oxygen atoms in total. The van der Waals surface area contributed by atoms with Crippen LogP contribution < -0.4 is 16.0 Å². The molecule has 0 spiro atoms. The van der Waals surface area contributed by atoms with E-state index >= 15 is 0 Å². The van der Waals surface area contributed by atoms with E-state index in [1.54, 1.807) is 25.3 Å². The zero-order valence-electron chi connectivity index (χ0n) is 11.8. The number of aryl methyl sites for hydroxylation is 1. The highest BCUT2D eigenvalue weighted by Gasteiger charge is 2.16. The fourth-order valence-corrected chi connectivity index (χ4v) is 2.60. The fraction of sp³-hybridized carbons (Fsp3) is 0.250. The number of methoxy groups -OCH3 is 1. The van der Waals surface area contributed by atoms with Gasteiger partial charge in [0.25, 0.3) is 0 Å². The average molecular weight is 353 g/mol. The molecule has 0 amide bonds. The van der Waals surface area contributed by atoms with Gasteiger partial charge in [0.15, 0.2) is 0 Å². The summed E-state index contributed by atoms with van der Waals surface area (Å²) in [6.07, 6.45) is 1.50. The number of rotatable bonds is 6. The van der Waals surface area contributed by atoms with Crippen molar-refractivity contribution in [1.29, 1.82) is 0 Å². The standard InChI is InChI=1S/C16H18BrFN2O/c1-21-12-8-5-11(6-9-12)7-10-15(20-19)13-3-2-4-14(17)16(13)18/h2-6,8-9,15,20H,7,10,19H2,1H3. The van der Waals surface area contributed by atoms with Crippen molar-refractivity contribution < 1.29 is 9.13 Å². The summed E-state index contributed by atoms with van der Waals surface area (Å²) in [7, 11) is 1.64. The summed E-state index contributed by atoms with van der Waals surface area (Å²) in [5.41, 5.74) is 4.42. The van der Waals surface area contributed by atoms with Crippen LogP contribution in [0, 0.1) is 5.82 Å². The molecule has 3 N–H and O–H groups in total. The number of hydrogen-bond donors (Lipinski definition) is 2. The highest BCUT2D eigenvalue weighted by molar-refractivity contribution is 9.10. The molecule has 112 valence electrons. The van der Waals surface area contributed by atoms with Crippen LogP contribution in [0.1, 0.15) is 23.6 Å². The molecule has 1 atom stereocenters. The Morgan fingerprint density at radius 2 is 1.95 bits per heavy atom. The minimum Gasteiger partial charge on any atom is -0.497 e. The van der Waals surface area contributed by atoms with Gasteiger partial charge < -0.3 is 4.74 Å². The lowest BCUT2D eigenvalue weighted by atomic mass is 9.99. The summed E-state index contributed by atoms with van der Waals surface area (Å²) in [6.45, 7) is 0. The lowest BCUT2D eigenvalue weighted by molar-refractivity contribution is 0.414. The predicted octanol–water partition coefficient (Wildman–Crippen LogP) is 3.73. The number of hydrogen-bond acceptors (Lipinski definition) is 3. The third-order valence-corrected chi connectivity index (χ3v) is 4.05. The van der Waals surface area contributed by atoms with Crippen LogP contribution in [0.2, 0.25) is 0 Å². The summed E-state index contributed by atoms with van der Waals surface area (Å²) in [6, 6.07) is 12.8. The first-order valence-electron chi connectivity index (χ1n) is 6.68. The SMILES string of the molecule is COc1ccc(CCC(NN)c2cccc(Br)c2F)cc1. The highest BCUT2D eigenvalue weighted by Crippen LogP contribution is 2.26. The third kappa shape index (κ3) is 4.03. The van der Waals surface area contributed by atoms with Gasteiger partial charge in [0.2, 0.25) is 0 Å². The molecule has 2 rings (SSSR count). The lowest BCUT2D eigenvalue weighted by Crippen LogP contribution is -2.29. The molecule has 0 aromatic heterocycles. The predicted molar refractivity (Wildman–Crippen MR) is 85.5 cm³/mol. The van der Waals surface area contributed by atoms with Gasteiger partial charge >= 0.3 is 0 Å². The molecular formula is C16H18BrFN2O. The number of halogens is 2. The van der Waals surface area contributed by atoms with Crippen molar-refractivity contribution in [3.63, 3.8) is 0 Å². The van der Waals surface area contributed by atoms with Crippen molar-refractivity contribution in [2.45, 2.75) is 18.9 Å². The Balaban J connectivity index is 2.06. The average Bonchev–Trinajstić information content (AvgIpc) is 2.52. The van der Waals surface area contributed by atoms with Crippen LogP contribution in [-0.4, -0.2) is 7.11 Å². The van der Waals surface area contributed by atoms with Crippen LogP contribution in [-0.2, 0) is 6.42 Å². The number of ether oxygens (including phenoxy) is 1. The van der Waals surface area contributed by atoms with Crippen molar-refractivity contribution in [2.24, 2.45) is 5.84 Å². The Bertz CT molecular complexity index is 589. The molecule has 0 aliphatic heterocycles. The van der Waals surface area contributed by atoms with Gasteiger partial charge in [0.1, 0.15) is 11.6 Å². The monoisotopic (exact) mass is 352 g/mol. The van der Waals surface area contributed by atoms with E-state index in [-0.39, 0.29) is 11.9 Å². The van der Waals surface area contributed by atoms with Crippen molar-refractivity contribution in [1.82, 2.24) is 5.43 Å². The van der Waals surface area contributed by atoms with Gasteiger partial charge in [-0.25, -0.2) is 4.39 Å². The molecule has 2 aromatic carbocycles. The van der Waals surface area contributed by atoms with E-state index in [9.17, 15) is 4.39 Å². The van der Waals surface area contributed by atoms with Crippen LogP contribution in [0.25, 0.3) is 0 Å². The maximum atomic E-state index is 14.1. The van der Waals surface area contributed by atoms with E-state index < -0.39 is 0 Å². The second-order valence-corrected chi connectivity index (χ2v) is 5.60. The molecule has 0 aliphatic carbocycles. The van der Waals surface area contributed by atoms with Crippen LogP contribution in [0.4, 0.5) is 4.39 Å². The first-order chi connectivity index (χ1) is 10.2. The fourth-order valence-electron chi connectivity index (χ4n) is 2.22. The summed E-state index contributed by atoms with van der Waals surface area (Å²) in [5, 5.41) is 0. The maximum Gasteiger partial charge on any atom is 0.142 e. The second kappa shape index (κ2) is 7.54. The van der Waals surface area contributed by atoms with Crippen LogP contribution >= 0.6 is 15.9 Å². The molecule has 0 bridgehead atoms. The van der Waals surface area contributed by atoms with Crippen LogP contribution in [0.15, 0.2) is 46.9 Å². The van der Waals surface area contributed by atoms with Gasteiger partial charge in [-0.2, -0.15) is 0 Å². The van der Waals surface area contributed by atoms with Crippen molar-refractivity contribution in [3.05, 3.63) is 63.9 Å². The third-order valence-electron chi connectivity index (χ3n) is 3.44. The normalized spacial score (nSPS) is 12.2. The first kappa shape index (κ1) is 15.9. The minimum absolute atomic E-state index is 0.232. The quantitative estimate of drug-likeness (QED) is 0.615. The molecule has 2 aromatic rings. The Morgan fingerprint density at radius 1 is 1.24 bits per heavy atom. The van der Waals surface area contributed by atoms with E-state index in [0.29, 0.717) is 16.5 Å². The summed E-state index contributed by atoms with van der Waals surface area (Å²) in [5.74, 6) is 6.14. The summed E-state index contributed by atoms with van der Waals surface area (Å²) < 4.78 is 19.7. The smallest absolute Gasteiger partial charge is 0.142 e. The number of hydrazine groups is 1. The Morgan fingerprint density at radius 3 is 2.57 bits per heavy atom. The van der Waals surface area contributed by atoms with Crippen LogP contribution in [0.3, 0.4) is 0 Å². The van der Waals surface area contributed by atoms with Crippen molar-refractivity contribution in [3.8, 4) is 5.75 Å². The molecule has 0 heterocycles. The van der Waals surface area contributed by atoms with E-state index in [0.717, 1.165) is 17.7 Å². The Labute approximate surface area is 132 Å². The summed E-state index contributed by atoms with van der Waals surface area (Å²) in [4.78, 5) is 0. The van der Waals surface area contributed by atoms with E-state index in [4.69, 9.17) is 10.6 Å². The minimum atomic E-state index is -0.268. The zero-order chi connectivity index (χ0) is 15.2. The van der Waals surface area contributed by atoms with Crippen molar-refractivity contribution >= 4 is 15.9 Å². The van der Waals surface area contributed by atoms with Crippen molar-refractivity contribution in [2.75, 3.05) is 7.11 Å². The molecule has 0 saturated heterocycles. The molecule has 0 saturated carbocycles. The molecule has 0 radical (unpaired) electrons. The number of nitrogens with one attached hydrogen (secondary N) is 1. The van der Waals surface area contributed by atoms with Gasteiger partial charge in [-0.15, -0.1) is 0 Å². The molecule has 0 aliphatic rings. The van der Waals surface area contributed by atoms with Gasteiger partial charge in [0, 0.05) is 11.6 Å². The number of benzene rings is 2. The largest absolute Gasteiger partial charge is 0.497 e. The van der Waals surface area contributed by atoms with Gasteiger partial charge in [0.05, 0.1) is 11.6 Å². The Hall–Kier alpha value is -1.43. The molecule has 5 heteroatoms. The molecule has 0 fully saturated rings. The molecular weight excluding hydrogens is 335 g/mol. The summed E-state index contributed by atoms with van der Waals surface area (Å²) >= 11 is 3.20. The van der Waals surface area contributed by atoms with Gasteiger partial charge in [-0.3, -0.25) is 11.3 Å². The number of nitrogens with two attached hydrogens (primary N) is 1. The van der Waals surface area contributed by atoms with Crippen LogP contribution in [0.5, 0.6) is 5.75 Å². The van der Waals surface area contributed by atoms with E-state index in [1.165, 1.54) is 0 Å². The van der Waals surface area contributed by atoms with Gasteiger partial charge in [-0.05, 0) is 52.5 Å². The molecule has 1 unspecified atom stereocenters. The van der Waals surface area contributed by atoms with E-state index in [2.05, 4.69) is 21.4 Å². The second-order valence-electron chi connectivity index (χ2n) is 4.75. The highest BCUT2D eigenvalue weighted by atomic mass is 79.9. The maximum absolute atomic E-state index is 14.1. The zero-order valence-corrected chi connectivity index (χ0v) is 13.4. The lowest BCUT2D eigenvalue weighted by Gasteiger charge is -2.17. The van der Waals surface area contributed by atoms with E-state index in [1.807, 2.05) is 24.3 Å². The molecule has 21 heavy (non-hydrogen) atoms.